The van der Waals surface area contributed by atoms with Gasteiger partial charge in [0.2, 0.25) is 0 Å². The molecule has 2 aromatic carbocycles. The Morgan fingerprint density at radius 3 is 2.47 bits per heavy atom. The minimum absolute atomic E-state index is 0.130. The third-order valence-corrected chi connectivity index (χ3v) is 2.66. The van der Waals surface area contributed by atoms with Crippen LogP contribution in [0.2, 0.25) is 0 Å². The molecule has 0 fully saturated rings. The van der Waals surface area contributed by atoms with Crippen molar-refractivity contribution in [2.45, 2.75) is 6.54 Å². The Morgan fingerprint density at radius 2 is 1.79 bits per heavy atom. The van der Waals surface area contributed by atoms with Gasteiger partial charge in [0.1, 0.15) is 0 Å². The molecule has 98 valence electrons. The minimum Gasteiger partial charge on any atom is -0.504 e. The van der Waals surface area contributed by atoms with Gasteiger partial charge in [-0.05, 0) is 29.3 Å². The molecule has 2 aromatic rings. The summed E-state index contributed by atoms with van der Waals surface area (Å²) >= 11 is 0. The molecule has 0 aliphatic rings. The molecule has 0 bridgehead atoms. The molecular weight excluding hydrogens is 240 g/mol. The van der Waals surface area contributed by atoms with E-state index >= 15 is 0 Å². The van der Waals surface area contributed by atoms with E-state index in [-0.39, 0.29) is 11.5 Å². The Bertz CT molecular complexity index is 568. The lowest BCUT2D eigenvalue weighted by Crippen LogP contribution is -2.10. The molecule has 0 amide bonds. The third kappa shape index (κ3) is 3.74. The molecule has 0 heterocycles. The number of rotatable bonds is 4. The second-order valence-corrected chi connectivity index (χ2v) is 4.29. The lowest BCUT2D eigenvalue weighted by molar-refractivity contribution is 0.349. The first-order chi connectivity index (χ1) is 9.15. The van der Waals surface area contributed by atoms with Gasteiger partial charge in [0.05, 0.1) is 12.8 Å². The fourth-order valence-electron chi connectivity index (χ4n) is 1.67. The highest BCUT2D eigenvalue weighted by molar-refractivity contribution is 5.80. The monoisotopic (exact) mass is 256 g/mol. The highest BCUT2D eigenvalue weighted by Crippen LogP contribution is 2.24. The maximum absolute atomic E-state index is 9.38. The molecule has 0 aliphatic carbocycles. The summed E-state index contributed by atoms with van der Waals surface area (Å²) in [5.74, 6) is -0.274. The SMILES string of the molecule is CN(Cc1ccccc1)/N=C/c1ccc(O)c(O)c1. The normalized spacial score (nSPS) is 10.8. The summed E-state index contributed by atoms with van der Waals surface area (Å²) in [4.78, 5) is 0. The van der Waals surface area contributed by atoms with Crippen molar-refractivity contribution < 1.29 is 10.2 Å². The van der Waals surface area contributed by atoms with Gasteiger partial charge in [0.15, 0.2) is 11.5 Å². The van der Waals surface area contributed by atoms with Crippen LogP contribution >= 0.6 is 0 Å². The zero-order chi connectivity index (χ0) is 13.7. The van der Waals surface area contributed by atoms with Crippen LogP contribution in [0.15, 0.2) is 53.6 Å². The Kier molecular flexibility index (Phi) is 4.03. The molecule has 19 heavy (non-hydrogen) atoms. The number of phenolic OH excluding ortho intramolecular Hbond substituents is 2. The molecule has 0 atom stereocenters. The molecule has 0 spiro atoms. The number of hydrogen-bond acceptors (Lipinski definition) is 4. The van der Waals surface area contributed by atoms with E-state index in [1.165, 1.54) is 17.7 Å². The standard InChI is InChI=1S/C15H16N2O2/c1-17(11-12-5-3-2-4-6-12)16-10-13-7-8-14(18)15(19)9-13/h2-10,18-19H,11H2,1H3/b16-10+. The minimum atomic E-state index is -0.144. The summed E-state index contributed by atoms with van der Waals surface area (Å²) in [6, 6.07) is 14.6. The Labute approximate surface area is 112 Å². The van der Waals surface area contributed by atoms with E-state index in [2.05, 4.69) is 5.10 Å². The summed E-state index contributed by atoms with van der Waals surface area (Å²) in [6.45, 7) is 0.710. The Hall–Kier alpha value is -2.49. The van der Waals surface area contributed by atoms with Crippen molar-refractivity contribution in [2.24, 2.45) is 5.10 Å². The third-order valence-electron chi connectivity index (χ3n) is 2.66. The van der Waals surface area contributed by atoms with Crippen LogP contribution in [0.25, 0.3) is 0 Å². The second kappa shape index (κ2) is 5.91. The lowest BCUT2D eigenvalue weighted by atomic mass is 10.2. The average molecular weight is 256 g/mol. The number of nitrogens with zero attached hydrogens (tertiary/aromatic N) is 2. The molecule has 4 nitrogen and oxygen atoms in total. The number of benzene rings is 2. The number of aromatic hydroxyl groups is 2. The molecule has 0 radical (unpaired) electrons. The van der Waals surface area contributed by atoms with Crippen molar-refractivity contribution in [1.29, 1.82) is 0 Å². The van der Waals surface area contributed by atoms with Crippen molar-refractivity contribution in [3.8, 4) is 11.5 Å². The average Bonchev–Trinajstić information content (AvgIpc) is 2.41. The van der Waals surface area contributed by atoms with Crippen LogP contribution in [0.3, 0.4) is 0 Å². The van der Waals surface area contributed by atoms with Gasteiger partial charge >= 0.3 is 0 Å². The molecule has 2 N–H and O–H groups in total. The predicted molar refractivity (Wildman–Crippen MR) is 75.3 cm³/mol. The Morgan fingerprint density at radius 1 is 1.05 bits per heavy atom. The van der Waals surface area contributed by atoms with Crippen molar-refractivity contribution in [3.63, 3.8) is 0 Å². The van der Waals surface area contributed by atoms with Gasteiger partial charge in [0.25, 0.3) is 0 Å². The quantitative estimate of drug-likeness (QED) is 0.502. The zero-order valence-corrected chi connectivity index (χ0v) is 10.7. The molecular formula is C15H16N2O2. The Balaban J connectivity index is 2.00. The molecule has 0 aromatic heterocycles. The predicted octanol–water partition coefficient (Wildman–Crippen LogP) is 2.56. The van der Waals surface area contributed by atoms with Gasteiger partial charge in [-0.1, -0.05) is 30.3 Å². The first-order valence-electron chi connectivity index (χ1n) is 5.96. The van der Waals surface area contributed by atoms with Gasteiger partial charge in [-0.2, -0.15) is 5.10 Å². The number of phenols is 2. The highest BCUT2D eigenvalue weighted by Gasteiger charge is 1.99. The van der Waals surface area contributed by atoms with Gasteiger partial charge in [0, 0.05) is 7.05 Å². The summed E-state index contributed by atoms with van der Waals surface area (Å²) in [7, 11) is 1.88. The van der Waals surface area contributed by atoms with Gasteiger partial charge in [-0.15, -0.1) is 0 Å². The van der Waals surface area contributed by atoms with Crippen LogP contribution in [-0.2, 0) is 6.54 Å². The van der Waals surface area contributed by atoms with E-state index in [0.29, 0.717) is 6.54 Å². The van der Waals surface area contributed by atoms with Crippen molar-refractivity contribution in [3.05, 3.63) is 59.7 Å². The van der Waals surface area contributed by atoms with Crippen LogP contribution < -0.4 is 0 Å². The zero-order valence-electron chi connectivity index (χ0n) is 10.7. The molecule has 2 rings (SSSR count). The van der Waals surface area contributed by atoms with Crippen LogP contribution in [0, 0.1) is 0 Å². The highest BCUT2D eigenvalue weighted by atomic mass is 16.3. The van der Waals surface area contributed by atoms with Gasteiger partial charge < -0.3 is 10.2 Å². The number of hydrogen-bond donors (Lipinski definition) is 2. The second-order valence-electron chi connectivity index (χ2n) is 4.29. The molecule has 4 heteroatoms. The fourth-order valence-corrected chi connectivity index (χ4v) is 1.67. The smallest absolute Gasteiger partial charge is 0.158 e. The van der Waals surface area contributed by atoms with E-state index in [0.717, 1.165) is 5.56 Å². The summed E-state index contributed by atoms with van der Waals surface area (Å²) in [5.41, 5.74) is 1.91. The summed E-state index contributed by atoms with van der Waals surface area (Å²) < 4.78 is 0. The topological polar surface area (TPSA) is 56.1 Å². The maximum Gasteiger partial charge on any atom is 0.158 e. The first-order valence-corrected chi connectivity index (χ1v) is 5.96. The van der Waals surface area contributed by atoms with E-state index in [1.807, 2.05) is 37.4 Å². The van der Waals surface area contributed by atoms with Crippen LogP contribution in [0.1, 0.15) is 11.1 Å². The van der Waals surface area contributed by atoms with Crippen molar-refractivity contribution in [2.75, 3.05) is 7.05 Å². The summed E-state index contributed by atoms with van der Waals surface area (Å²) in [6.07, 6.45) is 1.64. The summed E-state index contributed by atoms with van der Waals surface area (Å²) in [5, 5.41) is 24.7. The molecule has 0 unspecified atom stereocenters. The molecule has 0 aliphatic heterocycles. The largest absolute Gasteiger partial charge is 0.504 e. The lowest BCUT2D eigenvalue weighted by Gasteiger charge is -2.12. The van der Waals surface area contributed by atoms with Crippen LogP contribution in [-0.4, -0.2) is 28.5 Å². The van der Waals surface area contributed by atoms with E-state index in [9.17, 15) is 10.2 Å². The number of hydrazone groups is 1. The maximum atomic E-state index is 9.38. The fraction of sp³-hybridized carbons (Fsp3) is 0.133. The van der Waals surface area contributed by atoms with Crippen LogP contribution in [0.5, 0.6) is 11.5 Å². The van der Waals surface area contributed by atoms with Gasteiger partial charge in [-0.3, -0.25) is 5.01 Å². The van der Waals surface area contributed by atoms with E-state index < -0.39 is 0 Å². The van der Waals surface area contributed by atoms with Gasteiger partial charge in [-0.25, -0.2) is 0 Å². The molecule has 0 saturated heterocycles. The first kappa shape index (κ1) is 13.0. The van der Waals surface area contributed by atoms with E-state index in [4.69, 9.17) is 0 Å². The molecule has 0 saturated carbocycles. The van der Waals surface area contributed by atoms with Crippen molar-refractivity contribution >= 4 is 6.21 Å². The van der Waals surface area contributed by atoms with Crippen molar-refractivity contribution in [1.82, 2.24) is 5.01 Å². The van der Waals surface area contributed by atoms with E-state index in [1.54, 1.807) is 17.3 Å². The van der Waals surface area contributed by atoms with Crippen LogP contribution in [0.4, 0.5) is 0 Å².